The van der Waals surface area contributed by atoms with Crippen molar-refractivity contribution in [2.45, 2.75) is 45.1 Å². The number of likely N-dealkylation sites (N-methyl/N-ethyl adjacent to an activating group) is 1. The molecular weight excluding hydrogens is 224 g/mol. The lowest BCUT2D eigenvalue weighted by Gasteiger charge is -2.47. The second kappa shape index (κ2) is 4.72. The Labute approximate surface area is 111 Å². The molecule has 1 saturated carbocycles. The first kappa shape index (κ1) is 13.7. The molecule has 1 aliphatic heterocycles. The van der Waals surface area contributed by atoms with Crippen LogP contribution >= 0.6 is 0 Å². The lowest BCUT2D eigenvalue weighted by Crippen LogP contribution is -2.55. The first-order chi connectivity index (χ1) is 8.35. The van der Waals surface area contributed by atoms with E-state index in [4.69, 9.17) is 5.73 Å². The summed E-state index contributed by atoms with van der Waals surface area (Å²) in [6, 6.07) is 0. The van der Waals surface area contributed by atoms with Crippen molar-refractivity contribution in [2.75, 3.05) is 33.7 Å². The van der Waals surface area contributed by atoms with Crippen LogP contribution in [0.1, 0.15) is 39.5 Å². The fourth-order valence-electron chi connectivity index (χ4n) is 3.11. The molecule has 0 atom stereocenters. The van der Waals surface area contributed by atoms with E-state index < -0.39 is 0 Å². The second-order valence-electron chi connectivity index (χ2n) is 7.02. The zero-order chi connectivity index (χ0) is 13.4. The average molecular weight is 252 g/mol. The van der Waals surface area contributed by atoms with E-state index in [1.807, 2.05) is 0 Å². The van der Waals surface area contributed by atoms with Crippen LogP contribution in [0.5, 0.6) is 0 Å². The van der Waals surface area contributed by atoms with Gasteiger partial charge in [0.2, 0.25) is 0 Å². The van der Waals surface area contributed by atoms with E-state index >= 15 is 0 Å². The summed E-state index contributed by atoms with van der Waals surface area (Å²) < 4.78 is 0. The largest absolute Gasteiger partial charge is 0.370 e. The van der Waals surface area contributed by atoms with E-state index in [0.717, 1.165) is 25.6 Å². The summed E-state index contributed by atoms with van der Waals surface area (Å²) in [6.45, 7) is 7.71. The van der Waals surface area contributed by atoms with Crippen LogP contribution in [0.2, 0.25) is 0 Å². The average Bonchev–Trinajstić information content (AvgIpc) is 2.59. The van der Waals surface area contributed by atoms with Gasteiger partial charge in [0.1, 0.15) is 0 Å². The van der Waals surface area contributed by atoms with Gasteiger partial charge in [-0.25, -0.2) is 0 Å². The Morgan fingerprint density at radius 2 is 1.83 bits per heavy atom. The molecule has 0 amide bonds. The molecule has 4 heteroatoms. The maximum absolute atomic E-state index is 6.10. The third-order valence-corrected chi connectivity index (χ3v) is 4.69. The lowest BCUT2D eigenvalue weighted by atomic mass is 9.69. The molecule has 0 radical (unpaired) electrons. The zero-order valence-corrected chi connectivity index (χ0v) is 12.4. The fraction of sp³-hybridized carbons (Fsp3) is 0.929. The predicted octanol–water partition coefficient (Wildman–Crippen LogP) is 1.52. The Balaban J connectivity index is 2.04. The normalized spacial score (nSPS) is 25.8. The monoisotopic (exact) mass is 252 g/mol. The highest BCUT2D eigenvalue weighted by molar-refractivity contribution is 5.81. The minimum atomic E-state index is 0.232. The number of aliphatic imine (C=N–C) groups is 1. The molecule has 0 aromatic rings. The quantitative estimate of drug-likeness (QED) is 0.828. The zero-order valence-electron chi connectivity index (χ0n) is 12.4. The molecule has 2 rings (SSSR count). The summed E-state index contributed by atoms with van der Waals surface area (Å²) in [6.07, 6.45) is 5.04. The van der Waals surface area contributed by atoms with Gasteiger partial charge < -0.3 is 15.5 Å². The molecule has 2 N–H and O–H groups in total. The summed E-state index contributed by atoms with van der Waals surface area (Å²) in [5, 5.41) is 0. The molecule has 18 heavy (non-hydrogen) atoms. The van der Waals surface area contributed by atoms with Gasteiger partial charge in [0.15, 0.2) is 5.96 Å². The van der Waals surface area contributed by atoms with Crippen LogP contribution in [-0.4, -0.2) is 55.0 Å². The van der Waals surface area contributed by atoms with Gasteiger partial charge in [-0.3, -0.25) is 4.99 Å². The van der Waals surface area contributed by atoms with Gasteiger partial charge in [0.25, 0.3) is 0 Å². The molecule has 1 fully saturated rings. The van der Waals surface area contributed by atoms with Gasteiger partial charge in [-0.2, -0.15) is 0 Å². The van der Waals surface area contributed by atoms with Crippen molar-refractivity contribution in [3.63, 3.8) is 0 Å². The third-order valence-electron chi connectivity index (χ3n) is 4.69. The van der Waals surface area contributed by atoms with Gasteiger partial charge in [-0.05, 0) is 45.2 Å². The number of nitrogens with zero attached hydrogens (tertiary/aromatic N) is 3. The molecule has 104 valence electrons. The van der Waals surface area contributed by atoms with Gasteiger partial charge in [0, 0.05) is 13.1 Å². The molecule has 1 heterocycles. The molecule has 0 aromatic carbocycles. The number of hydrogen-bond acceptors (Lipinski definition) is 4. The molecular formula is C14H28N4. The number of rotatable bonds is 3. The van der Waals surface area contributed by atoms with E-state index in [2.05, 4.69) is 42.7 Å². The SMILES string of the molecule is CN(C)CCN1C(N)=NCC12CCC(C)(C)CC2. The summed E-state index contributed by atoms with van der Waals surface area (Å²) in [4.78, 5) is 9.11. The van der Waals surface area contributed by atoms with E-state index in [0.29, 0.717) is 5.41 Å². The first-order valence-electron chi connectivity index (χ1n) is 7.07. The Morgan fingerprint density at radius 1 is 1.22 bits per heavy atom. The smallest absolute Gasteiger partial charge is 0.191 e. The number of hydrogen-bond donors (Lipinski definition) is 1. The van der Waals surface area contributed by atoms with Crippen LogP contribution in [0.25, 0.3) is 0 Å². The summed E-state index contributed by atoms with van der Waals surface area (Å²) in [5.74, 6) is 0.761. The van der Waals surface area contributed by atoms with E-state index in [1.165, 1.54) is 25.7 Å². The molecule has 0 aromatic heterocycles. The third kappa shape index (κ3) is 2.63. The van der Waals surface area contributed by atoms with Crippen molar-refractivity contribution in [1.29, 1.82) is 0 Å². The molecule has 0 saturated heterocycles. The van der Waals surface area contributed by atoms with E-state index in [1.54, 1.807) is 0 Å². The van der Waals surface area contributed by atoms with Crippen LogP contribution < -0.4 is 5.73 Å². The van der Waals surface area contributed by atoms with Gasteiger partial charge in [-0.15, -0.1) is 0 Å². The Morgan fingerprint density at radius 3 is 2.39 bits per heavy atom. The standard InChI is InChI=1S/C14H28N4/c1-13(2)5-7-14(8-6-13)11-16-12(15)18(14)10-9-17(3)4/h5-11H2,1-4H3,(H2,15,16). The van der Waals surface area contributed by atoms with Crippen LogP contribution in [0.3, 0.4) is 0 Å². The van der Waals surface area contributed by atoms with Crippen LogP contribution in [0, 0.1) is 5.41 Å². The molecule has 0 bridgehead atoms. The maximum Gasteiger partial charge on any atom is 0.191 e. The number of nitrogens with two attached hydrogens (primary N) is 1. The first-order valence-corrected chi connectivity index (χ1v) is 7.07. The number of guanidine groups is 1. The lowest BCUT2D eigenvalue weighted by molar-refractivity contribution is 0.0792. The fourth-order valence-corrected chi connectivity index (χ4v) is 3.11. The van der Waals surface area contributed by atoms with E-state index in [9.17, 15) is 0 Å². The van der Waals surface area contributed by atoms with Crippen molar-refractivity contribution in [3.05, 3.63) is 0 Å². The van der Waals surface area contributed by atoms with Crippen LogP contribution in [0.15, 0.2) is 4.99 Å². The highest BCUT2D eigenvalue weighted by Crippen LogP contribution is 2.44. The topological polar surface area (TPSA) is 44.9 Å². The van der Waals surface area contributed by atoms with Crippen molar-refractivity contribution in [3.8, 4) is 0 Å². The maximum atomic E-state index is 6.10. The summed E-state index contributed by atoms with van der Waals surface area (Å²) in [7, 11) is 4.22. The second-order valence-corrected chi connectivity index (χ2v) is 7.02. The highest BCUT2D eigenvalue weighted by Gasteiger charge is 2.45. The molecule has 2 aliphatic rings. The van der Waals surface area contributed by atoms with Gasteiger partial charge in [0.05, 0.1) is 12.1 Å². The highest BCUT2D eigenvalue weighted by atomic mass is 15.4. The Hall–Kier alpha value is -0.770. The molecule has 1 spiro atoms. The minimum absolute atomic E-state index is 0.232. The van der Waals surface area contributed by atoms with Crippen molar-refractivity contribution in [1.82, 2.24) is 9.80 Å². The molecule has 1 aliphatic carbocycles. The van der Waals surface area contributed by atoms with Crippen LogP contribution in [-0.2, 0) is 0 Å². The van der Waals surface area contributed by atoms with E-state index in [-0.39, 0.29) is 5.54 Å². The molecule has 0 unspecified atom stereocenters. The Bertz CT molecular complexity index is 323. The van der Waals surface area contributed by atoms with Crippen molar-refractivity contribution < 1.29 is 0 Å². The van der Waals surface area contributed by atoms with Gasteiger partial charge in [-0.1, -0.05) is 13.8 Å². The van der Waals surface area contributed by atoms with Gasteiger partial charge >= 0.3 is 0 Å². The van der Waals surface area contributed by atoms with Crippen molar-refractivity contribution >= 4 is 5.96 Å². The Kier molecular flexibility index (Phi) is 3.58. The summed E-state index contributed by atoms with van der Waals surface area (Å²) >= 11 is 0. The predicted molar refractivity (Wildman–Crippen MR) is 76.7 cm³/mol. The van der Waals surface area contributed by atoms with Crippen LogP contribution in [0.4, 0.5) is 0 Å². The minimum Gasteiger partial charge on any atom is -0.370 e. The summed E-state index contributed by atoms with van der Waals surface area (Å²) in [5.41, 5.74) is 6.82. The van der Waals surface area contributed by atoms with Crippen molar-refractivity contribution in [2.24, 2.45) is 16.1 Å². The molecule has 4 nitrogen and oxygen atoms in total.